The first-order valence-electron chi connectivity index (χ1n) is 4.43. The van der Waals surface area contributed by atoms with Gasteiger partial charge >= 0.3 is 0 Å². The van der Waals surface area contributed by atoms with Crippen LogP contribution >= 0.6 is 0 Å². The van der Waals surface area contributed by atoms with Crippen LogP contribution in [-0.4, -0.2) is 16.3 Å². The quantitative estimate of drug-likeness (QED) is 0.745. The van der Waals surface area contributed by atoms with Crippen LogP contribution in [0.25, 0.3) is 11.1 Å². The van der Waals surface area contributed by atoms with Crippen LogP contribution in [0.1, 0.15) is 10.5 Å². The van der Waals surface area contributed by atoms with Gasteiger partial charge in [-0.1, -0.05) is 0 Å². The summed E-state index contributed by atoms with van der Waals surface area (Å²) in [6.07, 6.45) is 4.03. The van der Waals surface area contributed by atoms with Crippen LogP contribution in [0.2, 0.25) is 0 Å². The summed E-state index contributed by atoms with van der Waals surface area (Å²) in [6.45, 7) is 0. The van der Waals surface area contributed by atoms with Gasteiger partial charge in [0.1, 0.15) is 11.5 Å². The summed E-state index contributed by atoms with van der Waals surface area (Å²) in [5.74, 6) is 0.343. The van der Waals surface area contributed by atoms with E-state index in [1.54, 1.807) is 24.5 Å². The van der Waals surface area contributed by atoms with Crippen LogP contribution in [0.5, 0.6) is 0 Å². The van der Waals surface area contributed by atoms with Crippen LogP contribution < -0.4 is 5.73 Å². The van der Waals surface area contributed by atoms with E-state index in [4.69, 9.17) is 5.73 Å². The highest BCUT2D eigenvalue weighted by Gasteiger charge is 2.05. The molecule has 2 N–H and O–H groups in total. The molecule has 2 aromatic heterocycles. The molecule has 0 fully saturated rings. The van der Waals surface area contributed by atoms with Crippen molar-refractivity contribution in [1.82, 2.24) is 9.97 Å². The molecular formula is C11H9N3O. The zero-order valence-electron chi connectivity index (χ0n) is 7.92. The number of hydrogen-bond acceptors (Lipinski definition) is 4. The second-order valence-electron chi connectivity index (χ2n) is 3.02. The highest BCUT2D eigenvalue weighted by molar-refractivity contribution is 5.85. The molecule has 0 aliphatic rings. The molecular weight excluding hydrogens is 190 g/mol. The number of nitrogens with two attached hydrogens (primary N) is 1. The van der Waals surface area contributed by atoms with E-state index in [9.17, 15) is 4.79 Å². The Labute approximate surface area is 86.8 Å². The molecule has 0 amide bonds. The van der Waals surface area contributed by atoms with E-state index < -0.39 is 0 Å². The van der Waals surface area contributed by atoms with Crippen LogP contribution in [0, 0.1) is 0 Å². The van der Waals surface area contributed by atoms with Gasteiger partial charge in [0.2, 0.25) is 0 Å². The molecule has 0 saturated carbocycles. The van der Waals surface area contributed by atoms with Gasteiger partial charge in [-0.3, -0.25) is 9.78 Å². The number of aromatic nitrogens is 2. The van der Waals surface area contributed by atoms with E-state index in [2.05, 4.69) is 9.97 Å². The van der Waals surface area contributed by atoms with Crippen molar-refractivity contribution in [2.45, 2.75) is 0 Å². The van der Waals surface area contributed by atoms with Crippen molar-refractivity contribution in [3.05, 3.63) is 42.4 Å². The predicted molar refractivity (Wildman–Crippen MR) is 57.3 cm³/mol. The fraction of sp³-hybridized carbons (Fsp3) is 0. The molecule has 0 aliphatic heterocycles. The zero-order valence-corrected chi connectivity index (χ0v) is 7.92. The average molecular weight is 199 g/mol. The van der Waals surface area contributed by atoms with E-state index in [-0.39, 0.29) is 0 Å². The van der Waals surface area contributed by atoms with Gasteiger partial charge in [0.25, 0.3) is 0 Å². The molecule has 0 aromatic carbocycles. The first kappa shape index (κ1) is 9.33. The Morgan fingerprint density at radius 1 is 1.13 bits per heavy atom. The maximum atomic E-state index is 10.8. The normalized spacial score (nSPS) is 9.87. The molecule has 4 nitrogen and oxygen atoms in total. The Balaban J connectivity index is 2.58. The maximum absolute atomic E-state index is 10.8. The molecule has 4 heteroatoms. The molecule has 0 atom stereocenters. The number of nitrogen functional groups attached to an aromatic ring is 1. The Morgan fingerprint density at radius 2 is 1.87 bits per heavy atom. The van der Waals surface area contributed by atoms with Gasteiger partial charge in [-0.25, -0.2) is 4.98 Å². The van der Waals surface area contributed by atoms with E-state index in [0.717, 1.165) is 11.1 Å². The largest absolute Gasteiger partial charge is 0.384 e. The summed E-state index contributed by atoms with van der Waals surface area (Å²) < 4.78 is 0. The lowest BCUT2D eigenvalue weighted by Crippen LogP contribution is -1.97. The van der Waals surface area contributed by atoms with Crippen LogP contribution in [0.3, 0.4) is 0 Å². The van der Waals surface area contributed by atoms with Gasteiger partial charge in [0, 0.05) is 18.0 Å². The number of pyridine rings is 2. The molecule has 74 valence electrons. The van der Waals surface area contributed by atoms with Gasteiger partial charge in [-0.05, 0) is 29.8 Å². The van der Waals surface area contributed by atoms with Gasteiger partial charge < -0.3 is 5.73 Å². The van der Waals surface area contributed by atoms with Gasteiger partial charge in [0.15, 0.2) is 6.29 Å². The summed E-state index contributed by atoms with van der Waals surface area (Å²) in [4.78, 5) is 18.7. The number of carbonyl (C=O) groups excluding carboxylic acids is 1. The lowest BCUT2D eigenvalue weighted by Gasteiger charge is -2.04. The van der Waals surface area contributed by atoms with Crippen LogP contribution in [-0.2, 0) is 0 Å². The lowest BCUT2D eigenvalue weighted by molar-refractivity contribution is 0.112. The highest BCUT2D eigenvalue weighted by Crippen LogP contribution is 2.21. The average Bonchev–Trinajstić information content (AvgIpc) is 2.30. The second-order valence-corrected chi connectivity index (χ2v) is 3.02. The summed E-state index contributed by atoms with van der Waals surface area (Å²) in [6, 6.07) is 7.09. The van der Waals surface area contributed by atoms with E-state index in [0.29, 0.717) is 17.8 Å². The number of rotatable bonds is 2. The molecule has 15 heavy (non-hydrogen) atoms. The van der Waals surface area contributed by atoms with E-state index >= 15 is 0 Å². The molecule has 0 radical (unpaired) electrons. The van der Waals surface area contributed by atoms with Crippen molar-refractivity contribution in [3.8, 4) is 11.1 Å². The van der Waals surface area contributed by atoms with Crippen molar-refractivity contribution in [1.29, 1.82) is 0 Å². The Hall–Kier alpha value is -2.23. The maximum Gasteiger partial charge on any atom is 0.169 e. The fourth-order valence-electron chi connectivity index (χ4n) is 1.36. The van der Waals surface area contributed by atoms with Crippen molar-refractivity contribution in [2.24, 2.45) is 0 Å². The van der Waals surface area contributed by atoms with Crippen LogP contribution in [0.15, 0.2) is 36.7 Å². The van der Waals surface area contributed by atoms with Gasteiger partial charge in [-0.2, -0.15) is 0 Å². The van der Waals surface area contributed by atoms with E-state index in [1.165, 1.54) is 0 Å². The van der Waals surface area contributed by atoms with E-state index in [1.807, 2.05) is 12.1 Å². The summed E-state index contributed by atoms with van der Waals surface area (Å²) in [7, 11) is 0. The SMILES string of the molecule is Nc1ccc(-c2ccncc2)c(C=O)n1. The van der Waals surface area contributed by atoms with Crippen molar-refractivity contribution < 1.29 is 4.79 Å². The third-order valence-electron chi connectivity index (χ3n) is 2.05. The lowest BCUT2D eigenvalue weighted by atomic mass is 10.1. The Kier molecular flexibility index (Phi) is 2.41. The highest BCUT2D eigenvalue weighted by atomic mass is 16.1. The minimum Gasteiger partial charge on any atom is -0.384 e. The summed E-state index contributed by atoms with van der Waals surface area (Å²) in [5.41, 5.74) is 7.51. The minimum atomic E-state index is 0.343. The molecule has 0 spiro atoms. The number of hydrogen-bond donors (Lipinski definition) is 1. The molecule has 2 aromatic rings. The topological polar surface area (TPSA) is 68.9 Å². The number of carbonyl (C=O) groups is 1. The number of aldehydes is 1. The molecule has 2 heterocycles. The molecule has 0 saturated heterocycles. The smallest absolute Gasteiger partial charge is 0.169 e. The first-order chi connectivity index (χ1) is 7.31. The van der Waals surface area contributed by atoms with Crippen molar-refractivity contribution in [2.75, 3.05) is 5.73 Å². The number of anilines is 1. The second kappa shape index (κ2) is 3.88. The Morgan fingerprint density at radius 3 is 2.53 bits per heavy atom. The standard InChI is InChI=1S/C11H9N3O/c12-11-2-1-9(10(7-15)14-11)8-3-5-13-6-4-8/h1-7H,(H2,12,14). The predicted octanol–water partition coefficient (Wildman–Crippen LogP) is 1.54. The summed E-state index contributed by atoms with van der Waals surface area (Å²) in [5, 5.41) is 0. The van der Waals surface area contributed by atoms with Crippen molar-refractivity contribution >= 4 is 12.1 Å². The summed E-state index contributed by atoms with van der Waals surface area (Å²) >= 11 is 0. The molecule has 0 bridgehead atoms. The minimum absolute atomic E-state index is 0.343. The van der Waals surface area contributed by atoms with Crippen molar-refractivity contribution in [3.63, 3.8) is 0 Å². The monoisotopic (exact) mass is 199 g/mol. The number of nitrogens with zero attached hydrogens (tertiary/aromatic N) is 2. The van der Waals surface area contributed by atoms with Gasteiger partial charge in [0.05, 0.1) is 0 Å². The molecule has 2 rings (SSSR count). The molecule has 0 unspecified atom stereocenters. The fourth-order valence-corrected chi connectivity index (χ4v) is 1.36. The van der Waals surface area contributed by atoms with Crippen LogP contribution in [0.4, 0.5) is 5.82 Å². The zero-order chi connectivity index (χ0) is 10.7. The first-order valence-corrected chi connectivity index (χ1v) is 4.43. The third kappa shape index (κ3) is 1.83. The van der Waals surface area contributed by atoms with Gasteiger partial charge in [-0.15, -0.1) is 0 Å². The Bertz CT molecular complexity index is 482. The molecule has 0 aliphatic carbocycles. The third-order valence-corrected chi connectivity index (χ3v) is 2.05.